The van der Waals surface area contributed by atoms with E-state index < -0.39 is 0 Å². The fourth-order valence-electron chi connectivity index (χ4n) is 2.34. The van der Waals surface area contributed by atoms with Crippen molar-refractivity contribution in [1.29, 1.82) is 0 Å². The van der Waals surface area contributed by atoms with Crippen molar-refractivity contribution in [2.45, 2.75) is 45.6 Å². The zero-order chi connectivity index (χ0) is 13.5. The van der Waals surface area contributed by atoms with Gasteiger partial charge in [-0.25, -0.2) is 4.79 Å². The van der Waals surface area contributed by atoms with E-state index in [9.17, 15) is 4.79 Å². The van der Waals surface area contributed by atoms with Crippen molar-refractivity contribution in [3.05, 3.63) is 10.0 Å². The molecule has 1 aliphatic heterocycles. The number of nitrogens with zero attached hydrogens (tertiary/aromatic N) is 3. The predicted octanol–water partition coefficient (Wildman–Crippen LogP) is 2.36. The highest BCUT2D eigenvalue weighted by atomic mass is 32.1. The van der Waals surface area contributed by atoms with Gasteiger partial charge in [-0.2, -0.15) is 0 Å². The summed E-state index contributed by atoms with van der Waals surface area (Å²) in [5.41, 5.74) is 0.319. The van der Waals surface area contributed by atoms with E-state index in [1.807, 2.05) is 4.90 Å². The van der Waals surface area contributed by atoms with Crippen molar-refractivity contribution in [1.82, 2.24) is 20.4 Å². The van der Waals surface area contributed by atoms with Crippen LogP contribution in [0.4, 0.5) is 4.79 Å². The minimum atomic E-state index is 0.0223. The summed E-state index contributed by atoms with van der Waals surface area (Å²) in [6.45, 7) is 6.62. The summed E-state index contributed by atoms with van der Waals surface area (Å²) in [6, 6.07) is 0.0223. The number of urea groups is 1. The van der Waals surface area contributed by atoms with Crippen LogP contribution in [0.5, 0.6) is 0 Å². The number of likely N-dealkylation sites (tertiary alicyclic amines) is 1. The van der Waals surface area contributed by atoms with Crippen LogP contribution in [0.1, 0.15) is 49.0 Å². The first-order chi connectivity index (χ1) is 9.09. The molecule has 3 rings (SSSR count). The van der Waals surface area contributed by atoms with Gasteiger partial charge >= 0.3 is 6.03 Å². The van der Waals surface area contributed by atoms with Crippen molar-refractivity contribution >= 4 is 17.4 Å². The lowest BCUT2D eigenvalue weighted by molar-refractivity contribution is 0.0435. The Balaban J connectivity index is 1.45. The molecule has 104 valence electrons. The molecule has 2 aliphatic rings. The zero-order valence-corrected chi connectivity index (χ0v) is 12.3. The summed E-state index contributed by atoms with van der Waals surface area (Å²) in [5, 5.41) is 13.3. The second-order valence-electron chi connectivity index (χ2n) is 5.99. The van der Waals surface area contributed by atoms with Gasteiger partial charge in [0.05, 0.1) is 6.54 Å². The molecular weight excluding hydrogens is 260 g/mol. The Morgan fingerprint density at radius 3 is 2.84 bits per heavy atom. The number of rotatable bonds is 4. The Hall–Kier alpha value is -1.17. The Morgan fingerprint density at radius 2 is 2.21 bits per heavy atom. The van der Waals surface area contributed by atoms with Crippen LogP contribution in [-0.2, 0) is 6.54 Å². The highest BCUT2D eigenvalue weighted by Gasteiger charge is 2.39. The van der Waals surface area contributed by atoms with E-state index in [0.29, 0.717) is 17.9 Å². The second kappa shape index (κ2) is 4.74. The van der Waals surface area contributed by atoms with Gasteiger partial charge < -0.3 is 10.2 Å². The zero-order valence-electron chi connectivity index (χ0n) is 11.5. The van der Waals surface area contributed by atoms with E-state index in [2.05, 4.69) is 29.4 Å². The third kappa shape index (κ3) is 2.73. The minimum Gasteiger partial charge on any atom is -0.331 e. The van der Waals surface area contributed by atoms with Crippen LogP contribution < -0.4 is 5.32 Å². The predicted molar refractivity (Wildman–Crippen MR) is 74.1 cm³/mol. The van der Waals surface area contributed by atoms with Gasteiger partial charge in [-0.05, 0) is 19.3 Å². The largest absolute Gasteiger partial charge is 0.331 e. The normalized spacial score (nSPS) is 21.1. The van der Waals surface area contributed by atoms with E-state index in [1.165, 1.54) is 12.8 Å². The minimum absolute atomic E-state index is 0.0223. The summed E-state index contributed by atoms with van der Waals surface area (Å²) in [4.78, 5) is 13.8. The average Bonchev–Trinajstić information content (AvgIpc) is 3.12. The Morgan fingerprint density at radius 1 is 1.47 bits per heavy atom. The van der Waals surface area contributed by atoms with Gasteiger partial charge in [-0.3, -0.25) is 0 Å². The van der Waals surface area contributed by atoms with E-state index in [4.69, 9.17) is 0 Å². The first-order valence-electron chi connectivity index (χ1n) is 6.95. The quantitative estimate of drug-likeness (QED) is 0.921. The molecule has 0 radical (unpaired) electrons. The van der Waals surface area contributed by atoms with Gasteiger partial charge in [-0.1, -0.05) is 25.2 Å². The molecule has 1 N–H and O–H groups in total. The van der Waals surface area contributed by atoms with Crippen molar-refractivity contribution in [2.24, 2.45) is 5.41 Å². The molecule has 1 aliphatic carbocycles. The third-order valence-corrected chi connectivity index (χ3v) is 5.17. The summed E-state index contributed by atoms with van der Waals surface area (Å²) in [6.07, 6.45) is 3.60. The van der Waals surface area contributed by atoms with Crippen LogP contribution in [0.2, 0.25) is 0 Å². The van der Waals surface area contributed by atoms with Crippen molar-refractivity contribution < 1.29 is 4.79 Å². The molecule has 6 heteroatoms. The number of carbonyl (C=O) groups is 1. The molecule has 1 aromatic rings. The van der Waals surface area contributed by atoms with Crippen molar-refractivity contribution in [3.63, 3.8) is 0 Å². The average molecular weight is 280 g/mol. The maximum Gasteiger partial charge on any atom is 0.317 e. The number of aromatic nitrogens is 2. The highest BCUT2D eigenvalue weighted by molar-refractivity contribution is 7.11. The summed E-state index contributed by atoms with van der Waals surface area (Å²) < 4.78 is 0. The molecule has 0 unspecified atom stereocenters. The number of hydrogen-bond acceptors (Lipinski definition) is 4. The number of carbonyl (C=O) groups excluding carboxylic acids is 1. The van der Waals surface area contributed by atoms with Crippen LogP contribution in [0.25, 0.3) is 0 Å². The van der Waals surface area contributed by atoms with Crippen molar-refractivity contribution in [3.8, 4) is 0 Å². The second-order valence-corrected chi connectivity index (χ2v) is 7.08. The summed E-state index contributed by atoms with van der Waals surface area (Å²) in [7, 11) is 0. The van der Waals surface area contributed by atoms with Crippen LogP contribution in [0, 0.1) is 5.41 Å². The number of hydrogen-bond donors (Lipinski definition) is 1. The lowest BCUT2D eigenvalue weighted by Crippen LogP contribution is -2.59. The molecule has 1 saturated heterocycles. The van der Waals surface area contributed by atoms with E-state index in [-0.39, 0.29) is 6.03 Å². The number of nitrogens with one attached hydrogen (secondary N) is 1. The topological polar surface area (TPSA) is 58.1 Å². The van der Waals surface area contributed by atoms with Gasteiger partial charge in [0.2, 0.25) is 0 Å². The van der Waals surface area contributed by atoms with Crippen LogP contribution in [0.3, 0.4) is 0 Å². The summed E-state index contributed by atoms with van der Waals surface area (Å²) in [5.74, 6) is 0.641. The van der Waals surface area contributed by atoms with E-state index in [1.54, 1.807) is 11.3 Å². The van der Waals surface area contributed by atoms with Crippen LogP contribution in [0.15, 0.2) is 0 Å². The first kappa shape index (κ1) is 12.8. The Labute approximate surface area is 117 Å². The molecule has 2 amide bonds. The monoisotopic (exact) mass is 280 g/mol. The summed E-state index contributed by atoms with van der Waals surface area (Å²) >= 11 is 1.63. The molecule has 2 heterocycles. The molecule has 1 saturated carbocycles. The van der Waals surface area contributed by atoms with Gasteiger partial charge in [0.15, 0.2) is 0 Å². The van der Waals surface area contributed by atoms with Gasteiger partial charge in [0.25, 0.3) is 0 Å². The lowest BCUT2D eigenvalue weighted by atomic mass is 9.80. The molecule has 0 bridgehead atoms. The molecule has 0 aromatic carbocycles. The maximum absolute atomic E-state index is 11.9. The molecule has 0 spiro atoms. The highest BCUT2D eigenvalue weighted by Crippen LogP contribution is 2.41. The Bertz CT molecular complexity index is 477. The van der Waals surface area contributed by atoms with Crippen molar-refractivity contribution in [2.75, 3.05) is 13.1 Å². The lowest BCUT2D eigenvalue weighted by Gasteiger charge is -2.47. The molecule has 2 fully saturated rings. The standard InChI is InChI=1S/C13H20N4OS/c1-3-13(2)7-17(8-13)12(18)14-6-10-15-16-11(19-10)9-4-5-9/h9H,3-8H2,1-2H3,(H,14,18). The maximum atomic E-state index is 11.9. The fourth-order valence-corrected chi connectivity index (χ4v) is 3.29. The smallest absolute Gasteiger partial charge is 0.317 e. The molecular formula is C13H20N4OS. The Kier molecular flexibility index (Phi) is 3.20. The number of amides is 2. The molecule has 0 atom stereocenters. The third-order valence-electron chi connectivity index (χ3n) is 4.09. The van der Waals surface area contributed by atoms with Crippen LogP contribution in [-0.4, -0.2) is 34.2 Å². The SMILES string of the molecule is CCC1(C)CN(C(=O)NCc2nnc(C3CC3)s2)C1. The first-order valence-corrected chi connectivity index (χ1v) is 7.76. The molecule has 1 aromatic heterocycles. The molecule has 19 heavy (non-hydrogen) atoms. The van der Waals surface area contributed by atoms with Gasteiger partial charge in [-0.15, -0.1) is 10.2 Å². The van der Waals surface area contributed by atoms with E-state index in [0.717, 1.165) is 29.5 Å². The van der Waals surface area contributed by atoms with Gasteiger partial charge in [0, 0.05) is 24.4 Å². The molecule has 5 nitrogen and oxygen atoms in total. The van der Waals surface area contributed by atoms with Gasteiger partial charge in [0.1, 0.15) is 10.0 Å². The van der Waals surface area contributed by atoms with E-state index >= 15 is 0 Å². The fraction of sp³-hybridized carbons (Fsp3) is 0.769. The van der Waals surface area contributed by atoms with Crippen LogP contribution >= 0.6 is 11.3 Å².